The van der Waals surface area contributed by atoms with Crippen molar-refractivity contribution in [2.45, 2.75) is 0 Å². The predicted octanol–water partition coefficient (Wildman–Crippen LogP) is 0.960. The number of aromatic nitrogens is 2. The fraction of sp³-hybridized carbons (Fsp3) is 0. The summed E-state index contributed by atoms with van der Waals surface area (Å²) in [6.07, 6.45) is 4.22. The molecule has 0 aliphatic rings. The number of amides is 1. The number of nitrogens with zero attached hydrogens (tertiary/aromatic N) is 2. The first-order chi connectivity index (χ1) is 8.61. The molecule has 1 amide bonds. The third-order valence-electron chi connectivity index (χ3n) is 1.84. The molecule has 2 rings (SSSR count). The number of carbonyl (C=O) groups is 2. The van der Waals surface area contributed by atoms with Crippen LogP contribution in [0.1, 0.15) is 20.8 Å². The van der Waals surface area contributed by atoms with E-state index in [1.165, 1.54) is 18.6 Å². The van der Waals surface area contributed by atoms with Gasteiger partial charge in [-0.3, -0.25) is 9.78 Å². The molecule has 0 saturated heterocycles. The second-order valence-electron chi connectivity index (χ2n) is 3.13. The number of carbonyl (C=O) groups excluding carboxylic acids is 1. The molecule has 0 saturated carbocycles. The van der Waals surface area contributed by atoms with Gasteiger partial charge in [-0.2, -0.15) is 0 Å². The zero-order valence-electron chi connectivity index (χ0n) is 9.35. The molecule has 0 radical (unpaired) electrons. The van der Waals surface area contributed by atoms with Gasteiger partial charge in [-0.05, 0) is 12.1 Å². The number of carboxylic acid groups (broad SMARTS) is 1. The van der Waals surface area contributed by atoms with Gasteiger partial charge < -0.3 is 10.8 Å². The highest BCUT2D eigenvalue weighted by molar-refractivity contribution is 5.90. The van der Waals surface area contributed by atoms with Gasteiger partial charge in [-0.1, -0.05) is 18.2 Å². The van der Waals surface area contributed by atoms with Gasteiger partial charge in [-0.25, -0.2) is 9.78 Å². The highest BCUT2D eigenvalue weighted by atomic mass is 16.4. The van der Waals surface area contributed by atoms with Gasteiger partial charge in [0.15, 0.2) is 0 Å². The summed E-state index contributed by atoms with van der Waals surface area (Å²) < 4.78 is 0. The normalized spacial score (nSPS) is 8.89. The number of carboxylic acids is 1. The van der Waals surface area contributed by atoms with Crippen molar-refractivity contribution < 1.29 is 14.7 Å². The predicted molar refractivity (Wildman–Crippen MR) is 64.0 cm³/mol. The van der Waals surface area contributed by atoms with Gasteiger partial charge in [0.2, 0.25) is 0 Å². The maximum Gasteiger partial charge on any atom is 0.335 e. The lowest BCUT2D eigenvalue weighted by Gasteiger charge is -1.88. The van der Waals surface area contributed by atoms with Gasteiger partial charge in [0, 0.05) is 12.4 Å². The maximum atomic E-state index is 10.3. The summed E-state index contributed by atoms with van der Waals surface area (Å²) in [7, 11) is 0. The zero-order valence-corrected chi connectivity index (χ0v) is 9.35. The number of benzene rings is 1. The van der Waals surface area contributed by atoms with Crippen molar-refractivity contribution >= 4 is 11.9 Å². The average molecular weight is 245 g/mol. The van der Waals surface area contributed by atoms with E-state index in [-0.39, 0.29) is 5.69 Å². The molecule has 1 aromatic heterocycles. The van der Waals surface area contributed by atoms with Crippen molar-refractivity contribution in [1.82, 2.24) is 9.97 Å². The molecule has 0 unspecified atom stereocenters. The molecule has 0 bridgehead atoms. The Bertz CT molecular complexity index is 465. The van der Waals surface area contributed by atoms with E-state index in [0.717, 1.165) is 0 Å². The van der Waals surface area contributed by atoms with Crippen LogP contribution in [0.3, 0.4) is 0 Å². The first-order valence-electron chi connectivity index (χ1n) is 4.95. The average Bonchev–Trinajstić information content (AvgIpc) is 2.41. The minimum atomic E-state index is -0.879. The number of hydrogen-bond acceptors (Lipinski definition) is 4. The van der Waals surface area contributed by atoms with E-state index in [1.54, 1.807) is 30.3 Å². The highest BCUT2D eigenvalue weighted by Crippen LogP contribution is 1.96. The highest BCUT2D eigenvalue weighted by Gasteiger charge is 1.97. The van der Waals surface area contributed by atoms with Gasteiger partial charge in [0.25, 0.3) is 5.91 Å². The monoisotopic (exact) mass is 245 g/mol. The summed E-state index contributed by atoms with van der Waals surface area (Å²) in [5, 5.41) is 8.38. The molecule has 0 spiro atoms. The number of hydrogen-bond donors (Lipinski definition) is 2. The molecule has 6 nitrogen and oxygen atoms in total. The van der Waals surface area contributed by atoms with Crippen molar-refractivity contribution in [3.8, 4) is 0 Å². The van der Waals surface area contributed by atoms with Crippen LogP contribution in [-0.4, -0.2) is 27.0 Å². The molecule has 1 heterocycles. The molecule has 18 heavy (non-hydrogen) atoms. The summed E-state index contributed by atoms with van der Waals surface area (Å²) in [5.41, 5.74) is 5.40. The van der Waals surface area contributed by atoms with Gasteiger partial charge in [-0.15, -0.1) is 0 Å². The van der Waals surface area contributed by atoms with Crippen LogP contribution in [0.5, 0.6) is 0 Å². The lowest BCUT2D eigenvalue weighted by atomic mass is 10.2. The topological polar surface area (TPSA) is 106 Å². The second-order valence-corrected chi connectivity index (χ2v) is 3.13. The Kier molecular flexibility index (Phi) is 4.98. The fourth-order valence-electron chi connectivity index (χ4n) is 1.01. The lowest BCUT2D eigenvalue weighted by Crippen LogP contribution is -2.12. The van der Waals surface area contributed by atoms with E-state index < -0.39 is 11.9 Å². The van der Waals surface area contributed by atoms with E-state index >= 15 is 0 Å². The molecule has 1 aromatic carbocycles. The molecule has 6 heteroatoms. The van der Waals surface area contributed by atoms with Crippen molar-refractivity contribution in [3.05, 3.63) is 60.2 Å². The Labute approximate surface area is 103 Å². The first kappa shape index (κ1) is 13.3. The Morgan fingerprint density at radius 3 is 2.11 bits per heavy atom. The summed E-state index contributed by atoms with van der Waals surface area (Å²) in [6, 6.07) is 8.30. The van der Waals surface area contributed by atoms with Crippen LogP contribution < -0.4 is 5.73 Å². The fourth-order valence-corrected chi connectivity index (χ4v) is 1.01. The molecule has 3 N–H and O–H groups in total. The number of aromatic carboxylic acids is 1. The summed E-state index contributed by atoms with van der Waals surface area (Å²) in [5.74, 6) is -1.43. The standard InChI is InChI=1S/C7H6O2.C5H5N3O/c8-7(9)6-4-2-1-3-5-6;6-5(9)4-3-7-1-2-8-4/h1-5H,(H,8,9);1-3H,(H2,6,9). The van der Waals surface area contributed by atoms with E-state index in [9.17, 15) is 9.59 Å². The van der Waals surface area contributed by atoms with Crippen LogP contribution in [0, 0.1) is 0 Å². The Balaban J connectivity index is 0.000000180. The number of nitrogens with two attached hydrogens (primary N) is 1. The molecule has 0 aliphatic heterocycles. The van der Waals surface area contributed by atoms with Crippen LogP contribution in [0.2, 0.25) is 0 Å². The third-order valence-corrected chi connectivity index (χ3v) is 1.84. The summed E-state index contributed by atoms with van der Waals surface area (Å²) in [4.78, 5) is 27.8. The van der Waals surface area contributed by atoms with E-state index in [2.05, 4.69) is 9.97 Å². The zero-order chi connectivity index (χ0) is 13.4. The van der Waals surface area contributed by atoms with E-state index in [0.29, 0.717) is 5.56 Å². The van der Waals surface area contributed by atoms with Gasteiger partial charge in [0.05, 0.1) is 11.8 Å². The Morgan fingerprint density at radius 1 is 1.11 bits per heavy atom. The van der Waals surface area contributed by atoms with Crippen LogP contribution in [0.25, 0.3) is 0 Å². The van der Waals surface area contributed by atoms with Crippen LogP contribution >= 0.6 is 0 Å². The minimum Gasteiger partial charge on any atom is -0.478 e. The molecular weight excluding hydrogens is 234 g/mol. The smallest absolute Gasteiger partial charge is 0.335 e. The first-order valence-corrected chi connectivity index (χ1v) is 4.95. The van der Waals surface area contributed by atoms with Gasteiger partial charge in [0.1, 0.15) is 5.69 Å². The van der Waals surface area contributed by atoms with Crippen LogP contribution in [-0.2, 0) is 0 Å². The Hall–Kier alpha value is -2.76. The molecular formula is C12H11N3O3. The number of primary amides is 1. The van der Waals surface area contributed by atoms with Gasteiger partial charge >= 0.3 is 5.97 Å². The van der Waals surface area contributed by atoms with Crippen molar-refractivity contribution in [2.75, 3.05) is 0 Å². The number of rotatable bonds is 2. The van der Waals surface area contributed by atoms with E-state index in [4.69, 9.17) is 10.8 Å². The largest absolute Gasteiger partial charge is 0.478 e. The molecule has 0 atom stereocenters. The van der Waals surface area contributed by atoms with Crippen LogP contribution in [0.15, 0.2) is 48.9 Å². The molecule has 92 valence electrons. The quantitative estimate of drug-likeness (QED) is 0.819. The van der Waals surface area contributed by atoms with Crippen LogP contribution in [0.4, 0.5) is 0 Å². The molecule has 2 aromatic rings. The minimum absolute atomic E-state index is 0.192. The molecule has 0 aliphatic carbocycles. The lowest BCUT2D eigenvalue weighted by molar-refractivity contribution is 0.0696. The molecule has 0 fully saturated rings. The van der Waals surface area contributed by atoms with Crippen molar-refractivity contribution in [2.24, 2.45) is 5.73 Å². The maximum absolute atomic E-state index is 10.3. The van der Waals surface area contributed by atoms with Crippen molar-refractivity contribution in [3.63, 3.8) is 0 Å². The Morgan fingerprint density at radius 2 is 1.78 bits per heavy atom. The van der Waals surface area contributed by atoms with E-state index in [1.807, 2.05) is 0 Å². The SMILES string of the molecule is NC(=O)c1cnccn1.O=C(O)c1ccccc1. The van der Waals surface area contributed by atoms with Crippen molar-refractivity contribution in [1.29, 1.82) is 0 Å². The third kappa shape index (κ3) is 4.40. The summed E-state index contributed by atoms with van der Waals surface area (Å²) >= 11 is 0. The summed E-state index contributed by atoms with van der Waals surface area (Å²) in [6.45, 7) is 0. The second kappa shape index (κ2) is 6.74.